The average Bonchev–Trinajstić information content (AvgIpc) is 3.21. The molecule has 0 bridgehead atoms. The fraction of sp³-hybridized carbons (Fsp3) is 0.556. The van der Waals surface area contributed by atoms with Crippen molar-refractivity contribution in [1.29, 1.82) is 0 Å². The van der Waals surface area contributed by atoms with Crippen molar-refractivity contribution in [2.24, 2.45) is 13.0 Å². The predicted octanol–water partition coefficient (Wildman–Crippen LogP) is 0.758. The van der Waals surface area contributed by atoms with Crippen LogP contribution in [0.1, 0.15) is 36.2 Å². The third kappa shape index (κ3) is 3.96. The molecule has 2 aliphatic rings. The number of nitrogens with zero attached hydrogens (tertiary/aromatic N) is 5. The maximum atomic E-state index is 12.4. The number of nitrogens with one attached hydrogen (secondary N) is 2. The number of carbonyl (C=O) groups is 2. The van der Waals surface area contributed by atoms with E-state index in [9.17, 15) is 9.59 Å². The molecular formula is C18H25N7O2. The lowest BCUT2D eigenvalue weighted by Crippen LogP contribution is -2.43. The summed E-state index contributed by atoms with van der Waals surface area (Å²) in [6.07, 6.45) is 6.80. The van der Waals surface area contributed by atoms with Crippen LogP contribution >= 0.6 is 0 Å². The normalized spacial score (nSPS) is 16.6. The Labute approximate surface area is 157 Å². The molecule has 1 aliphatic carbocycles. The largest absolute Gasteiger partial charge is 0.335 e. The highest BCUT2D eigenvalue weighted by atomic mass is 16.2. The summed E-state index contributed by atoms with van der Waals surface area (Å²) in [4.78, 5) is 26.3. The third-order valence-corrected chi connectivity index (χ3v) is 5.26. The summed E-state index contributed by atoms with van der Waals surface area (Å²) >= 11 is 0. The standard InChI is InChI=1S/C18H25N7O2/c1-23-11-13(9-21-23)8-19-18(27)20-10-15-7-16-12-24(5-6-25(16)22-15)17(26)14-3-2-4-14/h7,9,11,14H,2-6,8,10,12H2,1H3,(H2,19,20,27). The maximum absolute atomic E-state index is 12.4. The number of hydrogen-bond donors (Lipinski definition) is 2. The Kier molecular flexibility index (Phi) is 4.83. The Morgan fingerprint density at radius 1 is 1.22 bits per heavy atom. The molecule has 144 valence electrons. The second kappa shape index (κ2) is 7.42. The summed E-state index contributed by atoms with van der Waals surface area (Å²) in [5.41, 5.74) is 2.78. The van der Waals surface area contributed by atoms with E-state index in [4.69, 9.17) is 0 Å². The number of hydrogen-bond acceptors (Lipinski definition) is 4. The van der Waals surface area contributed by atoms with Crippen molar-refractivity contribution >= 4 is 11.9 Å². The van der Waals surface area contributed by atoms with E-state index in [-0.39, 0.29) is 17.9 Å². The van der Waals surface area contributed by atoms with E-state index in [0.29, 0.717) is 32.7 Å². The third-order valence-electron chi connectivity index (χ3n) is 5.26. The number of fused-ring (bicyclic) bond motifs is 1. The summed E-state index contributed by atoms with van der Waals surface area (Å²) < 4.78 is 3.64. The summed E-state index contributed by atoms with van der Waals surface area (Å²) in [5, 5.41) is 14.2. The monoisotopic (exact) mass is 371 g/mol. The zero-order valence-corrected chi connectivity index (χ0v) is 15.5. The molecule has 2 N–H and O–H groups in total. The molecular weight excluding hydrogens is 346 g/mol. The van der Waals surface area contributed by atoms with Gasteiger partial charge in [-0.05, 0) is 18.9 Å². The van der Waals surface area contributed by atoms with Crippen LogP contribution in [0.5, 0.6) is 0 Å². The molecule has 0 spiro atoms. The van der Waals surface area contributed by atoms with Gasteiger partial charge >= 0.3 is 6.03 Å². The van der Waals surface area contributed by atoms with Gasteiger partial charge in [-0.25, -0.2) is 4.79 Å². The first kappa shape index (κ1) is 17.6. The lowest BCUT2D eigenvalue weighted by Gasteiger charge is -2.34. The Balaban J connectivity index is 1.26. The first-order valence-electron chi connectivity index (χ1n) is 9.42. The lowest BCUT2D eigenvalue weighted by molar-refractivity contribution is -0.139. The van der Waals surface area contributed by atoms with Gasteiger partial charge in [0, 0.05) is 37.8 Å². The molecule has 3 heterocycles. The van der Waals surface area contributed by atoms with E-state index in [2.05, 4.69) is 20.8 Å². The van der Waals surface area contributed by atoms with Gasteiger partial charge in [0.2, 0.25) is 5.91 Å². The van der Waals surface area contributed by atoms with Gasteiger partial charge < -0.3 is 15.5 Å². The number of aryl methyl sites for hydroxylation is 1. The van der Waals surface area contributed by atoms with Crippen molar-refractivity contribution in [1.82, 2.24) is 35.1 Å². The molecule has 1 fully saturated rings. The molecule has 0 saturated heterocycles. The number of carbonyl (C=O) groups excluding carboxylic acids is 2. The van der Waals surface area contributed by atoms with E-state index >= 15 is 0 Å². The first-order chi connectivity index (χ1) is 13.1. The summed E-state index contributed by atoms with van der Waals surface area (Å²) in [6, 6.07) is 1.73. The summed E-state index contributed by atoms with van der Waals surface area (Å²) in [6.45, 7) is 2.81. The smallest absolute Gasteiger partial charge is 0.315 e. The van der Waals surface area contributed by atoms with Crippen LogP contribution in [0, 0.1) is 5.92 Å². The predicted molar refractivity (Wildman–Crippen MR) is 97.3 cm³/mol. The topological polar surface area (TPSA) is 97.1 Å². The number of urea groups is 1. The van der Waals surface area contributed by atoms with Gasteiger partial charge in [0.05, 0.1) is 37.2 Å². The summed E-state index contributed by atoms with van der Waals surface area (Å²) in [7, 11) is 1.84. The first-order valence-corrected chi connectivity index (χ1v) is 9.42. The van der Waals surface area contributed by atoms with Gasteiger partial charge in [0.15, 0.2) is 0 Å². The number of rotatable bonds is 5. The fourth-order valence-electron chi connectivity index (χ4n) is 3.49. The minimum atomic E-state index is -0.244. The van der Waals surface area contributed by atoms with E-state index in [0.717, 1.165) is 29.8 Å². The van der Waals surface area contributed by atoms with Crippen LogP contribution in [-0.2, 0) is 38.0 Å². The van der Waals surface area contributed by atoms with Crippen LogP contribution in [0.4, 0.5) is 4.79 Å². The highest BCUT2D eigenvalue weighted by molar-refractivity contribution is 5.79. The highest BCUT2D eigenvalue weighted by Gasteiger charge is 2.31. The van der Waals surface area contributed by atoms with Crippen LogP contribution in [0.15, 0.2) is 18.5 Å². The Hall–Kier alpha value is -2.84. The van der Waals surface area contributed by atoms with Crippen molar-refractivity contribution in [2.75, 3.05) is 6.54 Å². The molecule has 4 rings (SSSR count). The number of aromatic nitrogens is 4. The van der Waals surface area contributed by atoms with Crippen molar-refractivity contribution in [3.8, 4) is 0 Å². The Morgan fingerprint density at radius 2 is 2.04 bits per heavy atom. The molecule has 0 aromatic carbocycles. The molecule has 2 aromatic heterocycles. The molecule has 0 unspecified atom stereocenters. The van der Waals surface area contributed by atoms with Crippen molar-refractivity contribution in [2.45, 2.75) is 45.4 Å². The van der Waals surface area contributed by atoms with Crippen LogP contribution in [-0.4, -0.2) is 42.9 Å². The van der Waals surface area contributed by atoms with Gasteiger partial charge in [-0.15, -0.1) is 0 Å². The van der Waals surface area contributed by atoms with E-state index in [1.54, 1.807) is 10.9 Å². The van der Waals surface area contributed by atoms with E-state index in [1.807, 2.05) is 28.9 Å². The fourth-order valence-corrected chi connectivity index (χ4v) is 3.49. The minimum Gasteiger partial charge on any atom is -0.335 e. The molecule has 1 saturated carbocycles. The molecule has 2 aromatic rings. The van der Waals surface area contributed by atoms with Crippen LogP contribution < -0.4 is 10.6 Å². The Bertz CT molecular complexity index is 837. The van der Waals surface area contributed by atoms with Crippen LogP contribution in [0.3, 0.4) is 0 Å². The van der Waals surface area contributed by atoms with Gasteiger partial charge in [-0.3, -0.25) is 14.2 Å². The van der Waals surface area contributed by atoms with Crippen molar-refractivity contribution in [3.05, 3.63) is 35.4 Å². The van der Waals surface area contributed by atoms with Crippen LogP contribution in [0.2, 0.25) is 0 Å². The molecule has 9 nitrogen and oxygen atoms in total. The molecule has 27 heavy (non-hydrogen) atoms. The maximum Gasteiger partial charge on any atom is 0.315 e. The van der Waals surface area contributed by atoms with E-state index in [1.165, 1.54) is 6.42 Å². The zero-order chi connectivity index (χ0) is 18.8. The molecule has 9 heteroatoms. The molecule has 0 atom stereocenters. The van der Waals surface area contributed by atoms with Gasteiger partial charge in [0.25, 0.3) is 0 Å². The second-order valence-electron chi connectivity index (χ2n) is 7.30. The molecule has 1 aliphatic heterocycles. The van der Waals surface area contributed by atoms with Crippen LogP contribution in [0.25, 0.3) is 0 Å². The van der Waals surface area contributed by atoms with Crippen molar-refractivity contribution in [3.63, 3.8) is 0 Å². The second-order valence-corrected chi connectivity index (χ2v) is 7.30. The van der Waals surface area contributed by atoms with Crippen molar-refractivity contribution < 1.29 is 9.59 Å². The quantitative estimate of drug-likeness (QED) is 0.811. The van der Waals surface area contributed by atoms with Gasteiger partial charge in [0.1, 0.15) is 0 Å². The van der Waals surface area contributed by atoms with Gasteiger partial charge in [-0.1, -0.05) is 6.42 Å². The average molecular weight is 371 g/mol. The molecule has 3 amide bonds. The number of amides is 3. The summed E-state index contributed by atoms with van der Waals surface area (Å²) in [5.74, 6) is 0.507. The molecule has 0 radical (unpaired) electrons. The van der Waals surface area contributed by atoms with E-state index < -0.39 is 0 Å². The van der Waals surface area contributed by atoms with Gasteiger partial charge in [-0.2, -0.15) is 10.2 Å². The highest BCUT2D eigenvalue weighted by Crippen LogP contribution is 2.29. The minimum absolute atomic E-state index is 0.226. The zero-order valence-electron chi connectivity index (χ0n) is 15.5. The SMILES string of the molecule is Cn1cc(CNC(=O)NCc2cc3n(n2)CCN(C(=O)C2CCC2)C3)cn1. The Morgan fingerprint density at radius 3 is 2.74 bits per heavy atom. The lowest BCUT2D eigenvalue weighted by atomic mass is 9.84.